The fourth-order valence-electron chi connectivity index (χ4n) is 2.31. The Bertz CT molecular complexity index is 766. The summed E-state index contributed by atoms with van der Waals surface area (Å²) in [4.78, 5) is 0. The van der Waals surface area contributed by atoms with Crippen molar-refractivity contribution in [1.82, 2.24) is 4.57 Å². The highest BCUT2D eigenvalue weighted by atomic mass is 35.5. The van der Waals surface area contributed by atoms with Gasteiger partial charge in [0.1, 0.15) is 5.82 Å². The lowest BCUT2D eigenvalue weighted by atomic mass is 10.1. The number of aliphatic hydroxyl groups is 1. The van der Waals surface area contributed by atoms with Crippen molar-refractivity contribution in [1.29, 1.82) is 0 Å². The van der Waals surface area contributed by atoms with Crippen LogP contribution >= 0.6 is 11.6 Å². The average molecular weight is 290 g/mol. The fraction of sp³-hybridized carbons (Fsp3) is 0.125. The second kappa shape index (κ2) is 5.27. The van der Waals surface area contributed by atoms with Gasteiger partial charge in [-0.1, -0.05) is 23.7 Å². The maximum absolute atomic E-state index is 13.8. The van der Waals surface area contributed by atoms with E-state index in [1.54, 1.807) is 6.07 Å². The maximum atomic E-state index is 13.8. The summed E-state index contributed by atoms with van der Waals surface area (Å²) >= 11 is 5.91. The molecular weight excluding hydrogens is 277 g/mol. The molecular formula is C16H13ClFNO. The van der Waals surface area contributed by atoms with Crippen LogP contribution in [0.15, 0.2) is 48.7 Å². The number of aliphatic hydroxyl groups excluding tert-OH is 1. The monoisotopic (exact) mass is 289 g/mol. The maximum Gasteiger partial charge on any atom is 0.128 e. The molecule has 0 aliphatic rings. The van der Waals surface area contributed by atoms with Gasteiger partial charge in [0.15, 0.2) is 0 Å². The highest BCUT2D eigenvalue weighted by Crippen LogP contribution is 2.21. The molecule has 0 bridgehead atoms. The molecule has 0 aliphatic heterocycles. The Hall–Kier alpha value is -1.84. The van der Waals surface area contributed by atoms with Crippen molar-refractivity contribution in [2.45, 2.75) is 13.2 Å². The molecule has 0 unspecified atom stereocenters. The molecule has 3 rings (SSSR count). The van der Waals surface area contributed by atoms with Gasteiger partial charge < -0.3 is 9.67 Å². The molecule has 1 aromatic heterocycles. The van der Waals surface area contributed by atoms with E-state index >= 15 is 0 Å². The minimum absolute atomic E-state index is 0.00730. The van der Waals surface area contributed by atoms with Gasteiger partial charge in [0, 0.05) is 22.3 Å². The predicted molar refractivity (Wildman–Crippen MR) is 78.4 cm³/mol. The number of hydrogen-bond donors (Lipinski definition) is 1. The molecule has 2 nitrogen and oxygen atoms in total. The van der Waals surface area contributed by atoms with Gasteiger partial charge in [-0.15, -0.1) is 0 Å². The van der Waals surface area contributed by atoms with Gasteiger partial charge in [-0.2, -0.15) is 0 Å². The molecule has 0 aliphatic carbocycles. The van der Waals surface area contributed by atoms with Gasteiger partial charge in [0.2, 0.25) is 0 Å². The molecule has 4 heteroatoms. The second-order valence-electron chi connectivity index (χ2n) is 4.73. The molecule has 0 fully saturated rings. The molecule has 0 amide bonds. The lowest BCUT2D eigenvalue weighted by Gasteiger charge is -2.08. The van der Waals surface area contributed by atoms with Crippen molar-refractivity contribution in [3.8, 4) is 0 Å². The van der Waals surface area contributed by atoms with Crippen LogP contribution in [0.25, 0.3) is 10.9 Å². The molecule has 0 saturated heterocycles. The van der Waals surface area contributed by atoms with E-state index in [2.05, 4.69) is 0 Å². The van der Waals surface area contributed by atoms with Crippen molar-refractivity contribution >= 4 is 22.5 Å². The highest BCUT2D eigenvalue weighted by molar-refractivity contribution is 6.30. The van der Waals surface area contributed by atoms with Crippen molar-refractivity contribution in [3.05, 3.63) is 70.6 Å². The Kier molecular flexibility index (Phi) is 3.47. The zero-order chi connectivity index (χ0) is 14.1. The largest absolute Gasteiger partial charge is 0.392 e. The first-order valence-corrected chi connectivity index (χ1v) is 6.68. The standard InChI is InChI=1S/C16H13ClFNO/c17-14-3-4-15(18)13(8-14)9-19-6-5-12-2-1-11(10-20)7-16(12)19/h1-8,20H,9-10H2. The van der Waals surface area contributed by atoms with Gasteiger partial charge in [-0.05, 0) is 41.3 Å². The molecule has 20 heavy (non-hydrogen) atoms. The van der Waals surface area contributed by atoms with E-state index in [0.29, 0.717) is 17.1 Å². The Balaban J connectivity index is 2.04. The highest BCUT2D eigenvalue weighted by Gasteiger charge is 2.07. The van der Waals surface area contributed by atoms with Gasteiger partial charge >= 0.3 is 0 Å². The minimum atomic E-state index is -0.269. The van der Waals surface area contributed by atoms with Gasteiger partial charge in [-0.25, -0.2) is 4.39 Å². The fourth-order valence-corrected chi connectivity index (χ4v) is 2.51. The minimum Gasteiger partial charge on any atom is -0.392 e. The Morgan fingerprint density at radius 3 is 2.75 bits per heavy atom. The van der Waals surface area contributed by atoms with Crippen molar-refractivity contribution in [2.24, 2.45) is 0 Å². The smallest absolute Gasteiger partial charge is 0.128 e. The number of benzene rings is 2. The summed E-state index contributed by atoms with van der Waals surface area (Å²) in [5.74, 6) is -0.269. The van der Waals surface area contributed by atoms with Crippen LogP contribution in [0, 0.1) is 5.82 Å². The van der Waals surface area contributed by atoms with Crippen LogP contribution in [0.3, 0.4) is 0 Å². The number of rotatable bonds is 3. The summed E-state index contributed by atoms with van der Waals surface area (Å²) in [6.45, 7) is 0.400. The van der Waals surface area contributed by atoms with Crippen molar-refractivity contribution in [3.63, 3.8) is 0 Å². The summed E-state index contributed by atoms with van der Waals surface area (Å²) in [7, 11) is 0. The lowest BCUT2D eigenvalue weighted by molar-refractivity contribution is 0.282. The Morgan fingerprint density at radius 2 is 1.95 bits per heavy atom. The molecule has 0 atom stereocenters. The number of halogens is 2. The molecule has 2 aromatic carbocycles. The number of aromatic nitrogens is 1. The quantitative estimate of drug-likeness (QED) is 0.775. The molecule has 1 N–H and O–H groups in total. The molecule has 0 radical (unpaired) electrons. The van der Waals surface area contributed by atoms with Crippen molar-refractivity contribution < 1.29 is 9.50 Å². The molecule has 0 spiro atoms. The number of nitrogens with zero attached hydrogens (tertiary/aromatic N) is 1. The Morgan fingerprint density at radius 1 is 1.10 bits per heavy atom. The van der Waals surface area contributed by atoms with E-state index < -0.39 is 0 Å². The van der Waals surface area contributed by atoms with E-state index in [1.807, 2.05) is 35.0 Å². The first-order chi connectivity index (χ1) is 9.67. The molecule has 1 heterocycles. The van der Waals surface area contributed by atoms with E-state index in [1.165, 1.54) is 12.1 Å². The van der Waals surface area contributed by atoms with Crippen LogP contribution < -0.4 is 0 Å². The summed E-state index contributed by atoms with van der Waals surface area (Å²) in [6, 6.07) is 12.3. The van der Waals surface area contributed by atoms with Crippen LogP contribution in [-0.2, 0) is 13.2 Å². The van der Waals surface area contributed by atoms with Gasteiger partial charge in [0.25, 0.3) is 0 Å². The zero-order valence-electron chi connectivity index (χ0n) is 10.7. The molecule has 102 valence electrons. The third-order valence-corrected chi connectivity index (χ3v) is 3.60. The SMILES string of the molecule is OCc1ccc2ccn(Cc3cc(Cl)ccc3F)c2c1. The third-order valence-electron chi connectivity index (χ3n) is 3.37. The van der Waals surface area contributed by atoms with Crippen LogP contribution in [0.4, 0.5) is 4.39 Å². The van der Waals surface area contributed by atoms with Crippen LogP contribution in [0.1, 0.15) is 11.1 Å². The van der Waals surface area contributed by atoms with Crippen molar-refractivity contribution in [2.75, 3.05) is 0 Å². The summed E-state index contributed by atoms with van der Waals surface area (Å²) < 4.78 is 15.7. The van der Waals surface area contributed by atoms with Crippen LogP contribution in [0.5, 0.6) is 0 Å². The van der Waals surface area contributed by atoms with Gasteiger partial charge in [-0.3, -0.25) is 0 Å². The van der Waals surface area contributed by atoms with E-state index in [9.17, 15) is 9.50 Å². The second-order valence-corrected chi connectivity index (χ2v) is 5.17. The number of hydrogen-bond acceptors (Lipinski definition) is 1. The van der Waals surface area contributed by atoms with E-state index in [4.69, 9.17) is 11.6 Å². The summed E-state index contributed by atoms with van der Waals surface area (Å²) in [5, 5.41) is 10.8. The normalized spacial score (nSPS) is 11.2. The zero-order valence-corrected chi connectivity index (χ0v) is 11.4. The van der Waals surface area contributed by atoms with Crippen LogP contribution in [-0.4, -0.2) is 9.67 Å². The predicted octanol–water partition coefficient (Wildman–Crippen LogP) is 3.97. The molecule has 0 saturated carbocycles. The van der Waals surface area contributed by atoms with Gasteiger partial charge in [0.05, 0.1) is 13.2 Å². The first-order valence-electron chi connectivity index (χ1n) is 6.30. The Labute approximate surface area is 121 Å². The first kappa shape index (κ1) is 13.2. The summed E-state index contributed by atoms with van der Waals surface area (Å²) in [5.41, 5.74) is 2.35. The molecule has 3 aromatic rings. The summed E-state index contributed by atoms with van der Waals surface area (Å²) in [6.07, 6.45) is 1.91. The van der Waals surface area contributed by atoms with E-state index in [0.717, 1.165) is 16.5 Å². The number of fused-ring (bicyclic) bond motifs is 1. The topological polar surface area (TPSA) is 25.2 Å². The average Bonchev–Trinajstić information content (AvgIpc) is 2.85. The van der Waals surface area contributed by atoms with Crippen LogP contribution in [0.2, 0.25) is 5.02 Å². The third kappa shape index (κ3) is 2.42. The van der Waals surface area contributed by atoms with E-state index in [-0.39, 0.29) is 12.4 Å². The lowest BCUT2D eigenvalue weighted by Crippen LogP contribution is -2.01.